The number of benzene rings is 1. The average Bonchev–Trinajstić information content (AvgIpc) is 2.99. The Bertz CT molecular complexity index is 597. The number of rotatable bonds is 5. The van der Waals surface area contributed by atoms with Gasteiger partial charge in [0.15, 0.2) is 6.04 Å². The summed E-state index contributed by atoms with van der Waals surface area (Å²) in [6.07, 6.45) is -0.669. The van der Waals surface area contributed by atoms with E-state index in [-0.39, 0.29) is 6.61 Å². The van der Waals surface area contributed by atoms with Gasteiger partial charge in [0.1, 0.15) is 6.61 Å². The summed E-state index contributed by atoms with van der Waals surface area (Å²) in [5.74, 6) is -1.09. The summed E-state index contributed by atoms with van der Waals surface area (Å²) in [5, 5.41) is 12.8. The van der Waals surface area contributed by atoms with Crippen LogP contribution in [-0.4, -0.2) is 29.1 Å². The van der Waals surface area contributed by atoms with Crippen LogP contribution in [-0.2, 0) is 16.1 Å². The molecule has 0 bridgehead atoms. The summed E-state index contributed by atoms with van der Waals surface area (Å²) in [6.45, 7) is 0.111. The molecule has 2 aromatic rings. The lowest BCUT2D eigenvalue weighted by molar-refractivity contribution is -0.142. The maximum Gasteiger partial charge on any atom is 0.410 e. The second-order valence-corrected chi connectivity index (χ2v) is 5.23. The largest absolute Gasteiger partial charge is 0.479 e. The molecule has 0 saturated heterocycles. The van der Waals surface area contributed by atoms with E-state index in [2.05, 4.69) is 0 Å². The summed E-state index contributed by atoms with van der Waals surface area (Å²) < 4.78 is 5.15. The highest BCUT2D eigenvalue weighted by atomic mass is 32.1. The van der Waals surface area contributed by atoms with Crippen molar-refractivity contribution in [3.8, 4) is 0 Å². The molecule has 1 aromatic heterocycles. The van der Waals surface area contributed by atoms with E-state index < -0.39 is 18.1 Å². The first-order valence-corrected chi connectivity index (χ1v) is 7.22. The molecule has 1 heterocycles. The Morgan fingerprint density at radius 1 is 1.29 bits per heavy atom. The van der Waals surface area contributed by atoms with Crippen LogP contribution in [0.4, 0.5) is 4.79 Å². The standard InChI is InChI=1S/C15H15NO4S/c1-16(13(14(17)18)12-7-8-21-10-12)15(19)20-9-11-5-3-2-4-6-11/h2-8,10,13H,9H2,1H3,(H,17,18). The number of amides is 1. The monoisotopic (exact) mass is 305 g/mol. The zero-order valence-electron chi connectivity index (χ0n) is 11.4. The molecule has 21 heavy (non-hydrogen) atoms. The molecule has 0 aliphatic heterocycles. The van der Waals surface area contributed by atoms with E-state index in [4.69, 9.17) is 4.74 Å². The highest BCUT2D eigenvalue weighted by molar-refractivity contribution is 7.08. The molecule has 1 atom stereocenters. The van der Waals surface area contributed by atoms with Crippen molar-refractivity contribution in [2.45, 2.75) is 12.6 Å². The third-order valence-electron chi connectivity index (χ3n) is 2.97. The molecule has 110 valence electrons. The zero-order valence-corrected chi connectivity index (χ0v) is 12.2. The number of nitrogens with zero attached hydrogens (tertiary/aromatic N) is 1. The third kappa shape index (κ3) is 3.82. The predicted molar refractivity (Wildman–Crippen MR) is 79.1 cm³/mol. The summed E-state index contributed by atoms with van der Waals surface area (Å²) >= 11 is 1.38. The first-order chi connectivity index (χ1) is 10.1. The summed E-state index contributed by atoms with van der Waals surface area (Å²) in [4.78, 5) is 24.5. The fourth-order valence-corrected chi connectivity index (χ4v) is 2.57. The van der Waals surface area contributed by atoms with Crippen LogP contribution in [0, 0.1) is 0 Å². The van der Waals surface area contributed by atoms with Crippen LogP contribution in [0.15, 0.2) is 47.2 Å². The molecule has 0 saturated carbocycles. The lowest BCUT2D eigenvalue weighted by Gasteiger charge is -2.23. The fourth-order valence-electron chi connectivity index (χ4n) is 1.89. The molecule has 0 aliphatic carbocycles. The number of carbonyl (C=O) groups excluding carboxylic acids is 1. The van der Waals surface area contributed by atoms with Crippen molar-refractivity contribution in [2.75, 3.05) is 7.05 Å². The van der Waals surface area contributed by atoms with Gasteiger partial charge < -0.3 is 9.84 Å². The van der Waals surface area contributed by atoms with Crippen molar-refractivity contribution < 1.29 is 19.4 Å². The molecule has 0 aliphatic rings. The van der Waals surface area contributed by atoms with E-state index >= 15 is 0 Å². The van der Waals surface area contributed by atoms with Gasteiger partial charge in [-0.05, 0) is 28.0 Å². The van der Waals surface area contributed by atoms with Crippen LogP contribution in [0.5, 0.6) is 0 Å². The number of hydrogen-bond donors (Lipinski definition) is 1. The molecule has 2 rings (SSSR count). The molecular weight excluding hydrogens is 290 g/mol. The van der Waals surface area contributed by atoms with Gasteiger partial charge in [0.2, 0.25) is 0 Å². The second-order valence-electron chi connectivity index (χ2n) is 4.45. The maximum absolute atomic E-state index is 12.0. The van der Waals surface area contributed by atoms with Gasteiger partial charge in [-0.1, -0.05) is 30.3 Å². The Morgan fingerprint density at radius 3 is 2.57 bits per heavy atom. The van der Waals surface area contributed by atoms with Gasteiger partial charge in [-0.25, -0.2) is 9.59 Å². The molecule has 1 N–H and O–H groups in total. The molecule has 0 fully saturated rings. The van der Waals surface area contributed by atoms with Crippen LogP contribution < -0.4 is 0 Å². The number of likely N-dealkylation sites (N-methyl/N-ethyl adjacent to an activating group) is 1. The maximum atomic E-state index is 12.0. The van der Waals surface area contributed by atoms with Crippen LogP contribution in [0.2, 0.25) is 0 Å². The minimum Gasteiger partial charge on any atom is -0.479 e. The van der Waals surface area contributed by atoms with Gasteiger partial charge >= 0.3 is 12.1 Å². The fraction of sp³-hybridized carbons (Fsp3) is 0.200. The second kappa shape index (κ2) is 6.90. The van der Waals surface area contributed by atoms with Gasteiger partial charge in [-0.3, -0.25) is 4.90 Å². The number of hydrogen-bond acceptors (Lipinski definition) is 4. The number of carboxylic acid groups (broad SMARTS) is 1. The smallest absolute Gasteiger partial charge is 0.410 e. The zero-order chi connectivity index (χ0) is 15.2. The van der Waals surface area contributed by atoms with Crippen LogP contribution in [0.25, 0.3) is 0 Å². The molecule has 1 amide bonds. The van der Waals surface area contributed by atoms with Crippen molar-refractivity contribution in [2.24, 2.45) is 0 Å². The number of thiophene rings is 1. The molecule has 0 spiro atoms. The normalized spacial score (nSPS) is 11.7. The lowest BCUT2D eigenvalue weighted by atomic mass is 10.1. The van der Waals surface area contributed by atoms with Crippen molar-refractivity contribution in [3.63, 3.8) is 0 Å². The predicted octanol–water partition coefficient (Wildman–Crippen LogP) is 3.14. The SMILES string of the molecule is CN(C(=O)OCc1ccccc1)C(C(=O)O)c1ccsc1. The molecule has 1 unspecified atom stereocenters. The van der Waals surface area contributed by atoms with E-state index in [0.717, 1.165) is 10.5 Å². The number of aliphatic carboxylic acids is 1. The van der Waals surface area contributed by atoms with Crippen molar-refractivity contribution in [1.29, 1.82) is 0 Å². The van der Waals surface area contributed by atoms with Gasteiger partial charge in [-0.15, -0.1) is 0 Å². The number of carbonyl (C=O) groups is 2. The van der Waals surface area contributed by atoms with Crippen LogP contribution in [0.3, 0.4) is 0 Å². The van der Waals surface area contributed by atoms with E-state index in [1.165, 1.54) is 18.4 Å². The van der Waals surface area contributed by atoms with Crippen LogP contribution in [0.1, 0.15) is 17.2 Å². The summed E-state index contributed by atoms with van der Waals surface area (Å²) in [7, 11) is 1.42. The Labute approximate surface area is 126 Å². The van der Waals surface area contributed by atoms with Crippen molar-refractivity contribution in [3.05, 3.63) is 58.3 Å². The number of carboxylic acids is 1. The summed E-state index contributed by atoms with van der Waals surface area (Å²) in [5.41, 5.74) is 1.41. The first kappa shape index (κ1) is 15.1. The Morgan fingerprint density at radius 2 is 2.00 bits per heavy atom. The topological polar surface area (TPSA) is 66.8 Å². The Hall–Kier alpha value is -2.34. The van der Waals surface area contributed by atoms with E-state index in [9.17, 15) is 14.7 Å². The molecule has 1 aromatic carbocycles. The minimum absolute atomic E-state index is 0.111. The van der Waals surface area contributed by atoms with E-state index in [1.54, 1.807) is 16.8 Å². The molecule has 5 nitrogen and oxygen atoms in total. The molecule has 6 heteroatoms. The molecule has 0 radical (unpaired) electrons. The summed E-state index contributed by atoms with van der Waals surface area (Å²) in [6, 6.07) is 9.87. The first-order valence-electron chi connectivity index (χ1n) is 6.28. The number of ether oxygens (including phenoxy) is 1. The van der Waals surface area contributed by atoms with Crippen molar-refractivity contribution >= 4 is 23.4 Å². The minimum atomic E-state index is -1.09. The molecular formula is C15H15NO4S. The average molecular weight is 305 g/mol. The highest BCUT2D eigenvalue weighted by Crippen LogP contribution is 2.23. The van der Waals surface area contributed by atoms with Crippen molar-refractivity contribution in [1.82, 2.24) is 4.90 Å². The van der Waals surface area contributed by atoms with Gasteiger partial charge in [-0.2, -0.15) is 11.3 Å². The Kier molecular flexibility index (Phi) is 4.94. The van der Waals surface area contributed by atoms with Gasteiger partial charge in [0.25, 0.3) is 0 Å². The van der Waals surface area contributed by atoms with E-state index in [0.29, 0.717) is 5.56 Å². The quantitative estimate of drug-likeness (QED) is 0.921. The Balaban J connectivity index is 2.02. The van der Waals surface area contributed by atoms with Crippen LogP contribution >= 0.6 is 11.3 Å². The van der Waals surface area contributed by atoms with Gasteiger partial charge in [0.05, 0.1) is 0 Å². The van der Waals surface area contributed by atoms with E-state index in [1.807, 2.05) is 30.3 Å². The van der Waals surface area contributed by atoms with Gasteiger partial charge in [0, 0.05) is 7.05 Å². The highest BCUT2D eigenvalue weighted by Gasteiger charge is 2.29. The lowest BCUT2D eigenvalue weighted by Crippen LogP contribution is -2.36. The third-order valence-corrected chi connectivity index (χ3v) is 3.67.